The number of hydrogen-bond donors (Lipinski definition) is 0. The number of thioether (sulfide) groups is 1. The van der Waals surface area contributed by atoms with E-state index in [9.17, 15) is 4.79 Å². The van der Waals surface area contributed by atoms with Crippen LogP contribution in [0.2, 0.25) is 0 Å². The van der Waals surface area contributed by atoms with Gasteiger partial charge in [-0.15, -0.1) is 11.3 Å². The first-order valence-electron chi connectivity index (χ1n) is 7.29. The number of ether oxygens (including phenoxy) is 2. The zero-order chi connectivity index (χ0) is 16.2. The van der Waals surface area contributed by atoms with Crippen molar-refractivity contribution >= 4 is 29.0 Å². The van der Waals surface area contributed by atoms with Crippen LogP contribution in [0.25, 0.3) is 0 Å². The number of thiazole rings is 1. The molecule has 0 N–H and O–H groups in total. The molecule has 23 heavy (non-hydrogen) atoms. The van der Waals surface area contributed by atoms with Crippen molar-refractivity contribution in [3.05, 3.63) is 35.3 Å². The van der Waals surface area contributed by atoms with E-state index >= 15 is 0 Å². The lowest BCUT2D eigenvalue weighted by Gasteiger charge is -2.29. The van der Waals surface area contributed by atoms with E-state index in [0.717, 1.165) is 21.5 Å². The van der Waals surface area contributed by atoms with Crippen molar-refractivity contribution in [2.75, 3.05) is 26.0 Å². The Morgan fingerprint density at radius 3 is 2.96 bits per heavy atom. The highest BCUT2D eigenvalue weighted by Gasteiger charge is 2.23. The molecule has 0 aliphatic carbocycles. The number of nitrogens with zero attached hydrogens (tertiary/aromatic N) is 2. The van der Waals surface area contributed by atoms with Crippen LogP contribution in [-0.2, 0) is 4.79 Å². The van der Waals surface area contributed by atoms with Gasteiger partial charge in [-0.25, -0.2) is 4.98 Å². The van der Waals surface area contributed by atoms with Crippen molar-refractivity contribution in [3.8, 4) is 11.5 Å². The molecule has 1 aliphatic rings. The molecule has 2 aromatic rings. The maximum absolute atomic E-state index is 12.2. The maximum Gasteiger partial charge on any atom is 0.232 e. The van der Waals surface area contributed by atoms with Gasteiger partial charge in [0.15, 0.2) is 21.9 Å². The molecule has 0 bridgehead atoms. The summed E-state index contributed by atoms with van der Waals surface area (Å²) in [6, 6.07) is 7.58. The Morgan fingerprint density at radius 1 is 1.43 bits per heavy atom. The molecule has 1 atom stereocenters. The second-order valence-electron chi connectivity index (χ2n) is 5.32. The Bertz CT molecular complexity index is 689. The molecule has 1 amide bonds. The summed E-state index contributed by atoms with van der Waals surface area (Å²) < 4.78 is 12.5. The molecule has 5 nitrogen and oxygen atoms in total. The van der Waals surface area contributed by atoms with Crippen molar-refractivity contribution < 1.29 is 14.3 Å². The third kappa shape index (κ3) is 4.17. The topological polar surface area (TPSA) is 51.7 Å². The highest BCUT2D eigenvalue weighted by Crippen LogP contribution is 2.31. The van der Waals surface area contributed by atoms with Crippen LogP contribution >= 0.6 is 23.1 Å². The molecule has 0 fully saturated rings. The van der Waals surface area contributed by atoms with E-state index in [4.69, 9.17) is 9.47 Å². The Balaban J connectivity index is 1.49. The van der Waals surface area contributed by atoms with Gasteiger partial charge in [-0.2, -0.15) is 0 Å². The maximum atomic E-state index is 12.2. The average molecular weight is 350 g/mol. The largest absolute Gasteiger partial charge is 0.486 e. The summed E-state index contributed by atoms with van der Waals surface area (Å²) in [4.78, 5) is 18.3. The van der Waals surface area contributed by atoms with Gasteiger partial charge in [0.25, 0.3) is 0 Å². The third-order valence-electron chi connectivity index (χ3n) is 3.39. The minimum absolute atomic E-state index is 0.0605. The number of fused-ring (bicyclic) bond motifs is 1. The molecule has 0 saturated carbocycles. The lowest BCUT2D eigenvalue weighted by molar-refractivity contribution is -0.128. The molecular weight excluding hydrogens is 332 g/mol. The van der Waals surface area contributed by atoms with Gasteiger partial charge in [0.05, 0.1) is 12.3 Å². The van der Waals surface area contributed by atoms with Crippen LogP contribution in [0.15, 0.2) is 34.0 Å². The normalized spacial score (nSPS) is 16.2. The van der Waals surface area contributed by atoms with E-state index < -0.39 is 0 Å². The quantitative estimate of drug-likeness (QED) is 0.776. The fourth-order valence-corrected chi connectivity index (χ4v) is 3.98. The van der Waals surface area contributed by atoms with Crippen LogP contribution in [0.5, 0.6) is 11.5 Å². The van der Waals surface area contributed by atoms with Crippen LogP contribution in [0.1, 0.15) is 5.69 Å². The SMILES string of the molecule is Cc1csc(SCC(=O)N(C)CC2COc3ccccc3O2)n1. The van der Waals surface area contributed by atoms with Crippen LogP contribution in [0.4, 0.5) is 0 Å². The van der Waals surface area contributed by atoms with Crippen molar-refractivity contribution in [2.24, 2.45) is 0 Å². The number of likely N-dealkylation sites (N-methyl/N-ethyl adjacent to an activating group) is 1. The number of hydrogen-bond acceptors (Lipinski definition) is 6. The Hall–Kier alpha value is -1.73. The second kappa shape index (κ2) is 7.23. The van der Waals surface area contributed by atoms with E-state index in [1.54, 1.807) is 23.3 Å². The van der Waals surface area contributed by atoms with E-state index in [1.165, 1.54) is 11.8 Å². The predicted molar refractivity (Wildman–Crippen MR) is 91.6 cm³/mol. The molecule has 3 rings (SSSR count). The Kier molecular flexibility index (Phi) is 5.07. The molecular formula is C16H18N2O3S2. The first kappa shape index (κ1) is 16.1. The molecule has 1 aromatic heterocycles. The first-order chi connectivity index (χ1) is 11.1. The highest BCUT2D eigenvalue weighted by molar-refractivity contribution is 8.01. The molecule has 1 aliphatic heterocycles. The smallest absolute Gasteiger partial charge is 0.232 e. The van der Waals surface area contributed by atoms with Gasteiger partial charge in [-0.1, -0.05) is 23.9 Å². The van der Waals surface area contributed by atoms with Crippen LogP contribution in [0, 0.1) is 6.92 Å². The fraction of sp³-hybridized carbons (Fsp3) is 0.375. The van der Waals surface area contributed by atoms with Crippen LogP contribution in [-0.4, -0.2) is 47.8 Å². The molecule has 2 heterocycles. The number of aryl methyl sites for hydroxylation is 1. The number of aromatic nitrogens is 1. The van der Waals surface area contributed by atoms with E-state index in [-0.39, 0.29) is 12.0 Å². The first-order valence-corrected chi connectivity index (χ1v) is 9.15. The summed E-state index contributed by atoms with van der Waals surface area (Å²) in [6.07, 6.45) is -0.147. The zero-order valence-corrected chi connectivity index (χ0v) is 14.7. The number of para-hydroxylation sites is 2. The van der Waals surface area contributed by atoms with Gasteiger partial charge in [-0.05, 0) is 19.1 Å². The number of carbonyl (C=O) groups is 1. The average Bonchev–Trinajstić information content (AvgIpc) is 2.98. The summed E-state index contributed by atoms with van der Waals surface area (Å²) in [5.74, 6) is 1.93. The minimum atomic E-state index is -0.147. The lowest BCUT2D eigenvalue weighted by atomic mass is 10.2. The standard InChI is InChI=1S/C16H18N2O3S2/c1-11-9-22-16(17-11)23-10-15(19)18(2)7-12-8-20-13-5-3-4-6-14(13)21-12/h3-6,9,12H,7-8,10H2,1-2H3. The monoisotopic (exact) mass is 350 g/mol. The molecule has 0 radical (unpaired) electrons. The van der Waals surface area contributed by atoms with Crippen LogP contribution < -0.4 is 9.47 Å². The number of amides is 1. The summed E-state index contributed by atoms with van der Waals surface area (Å²) in [7, 11) is 1.79. The molecule has 0 saturated heterocycles. The van der Waals surface area contributed by atoms with Crippen molar-refractivity contribution in [2.45, 2.75) is 17.4 Å². The molecule has 1 aromatic carbocycles. The molecule has 1 unspecified atom stereocenters. The lowest BCUT2D eigenvalue weighted by Crippen LogP contribution is -2.42. The van der Waals surface area contributed by atoms with Crippen molar-refractivity contribution in [1.29, 1.82) is 0 Å². The fourth-order valence-electron chi connectivity index (χ4n) is 2.19. The molecule has 0 spiro atoms. The minimum Gasteiger partial charge on any atom is -0.486 e. The van der Waals surface area contributed by atoms with E-state index in [2.05, 4.69) is 4.98 Å². The summed E-state index contributed by atoms with van der Waals surface area (Å²) >= 11 is 3.04. The van der Waals surface area contributed by atoms with Gasteiger partial charge < -0.3 is 14.4 Å². The predicted octanol–water partition coefficient (Wildman–Crippen LogP) is 2.84. The summed E-state index contributed by atoms with van der Waals surface area (Å²) in [6.45, 7) is 2.91. The summed E-state index contributed by atoms with van der Waals surface area (Å²) in [5.41, 5.74) is 0.990. The van der Waals surface area contributed by atoms with Gasteiger partial charge in [0, 0.05) is 18.1 Å². The number of benzene rings is 1. The van der Waals surface area contributed by atoms with Crippen molar-refractivity contribution in [1.82, 2.24) is 9.88 Å². The third-order valence-corrected chi connectivity index (χ3v) is 5.51. The van der Waals surface area contributed by atoms with Crippen molar-refractivity contribution in [3.63, 3.8) is 0 Å². The van der Waals surface area contributed by atoms with Gasteiger partial charge in [-0.3, -0.25) is 4.79 Å². The molecule has 7 heteroatoms. The number of carbonyl (C=O) groups excluding carboxylic acids is 1. The van der Waals surface area contributed by atoms with Gasteiger partial charge in [0.2, 0.25) is 5.91 Å². The number of rotatable bonds is 5. The van der Waals surface area contributed by atoms with E-state index in [0.29, 0.717) is 18.9 Å². The second-order valence-corrected chi connectivity index (χ2v) is 7.40. The highest BCUT2D eigenvalue weighted by atomic mass is 32.2. The van der Waals surface area contributed by atoms with Crippen LogP contribution in [0.3, 0.4) is 0 Å². The molecule has 122 valence electrons. The zero-order valence-electron chi connectivity index (χ0n) is 13.0. The Labute approximate surface area is 143 Å². The summed E-state index contributed by atoms with van der Waals surface area (Å²) in [5, 5.41) is 1.99. The van der Waals surface area contributed by atoms with Gasteiger partial charge in [0.1, 0.15) is 6.61 Å². The Morgan fingerprint density at radius 2 is 2.22 bits per heavy atom. The van der Waals surface area contributed by atoms with Gasteiger partial charge >= 0.3 is 0 Å². The van der Waals surface area contributed by atoms with E-state index in [1.807, 2.05) is 36.6 Å².